The quantitative estimate of drug-likeness (QED) is 0.669. The van der Waals surface area contributed by atoms with Gasteiger partial charge in [-0.15, -0.1) is 0 Å². The lowest BCUT2D eigenvalue weighted by molar-refractivity contribution is 0.243. The number of carbonyl (C=O) groups excluding carboxylic acids is 1. The van der Waals surface area contributed by atoms with Crippen LogP contribution in [0.3, 0.4) is 0 Å². The van der Waals surface area contributed by atoms with Gasteiger partial charge >= 0.3 is 6.03 Å². The number of amides is 2. The minimum Gasteiger partial charge on any atom is -0.336 e. The fourth-order valence-corrected chi connectivity index (χ4v) is 3.83. The average Bonchev–Trinajstić information content (AvgIpc) is 3.26. The molecule has 8 heteroatoms. The molecule has 1 aromatic carbocycles. The van der Waals surface area contributed by atoms with Crippen LogP contribution in [0, 0.1) is 6.92 Å². The van der Waals surface area contributed by atoms with Crippen LogP contribution in [0.15, 0.2) is 52.0 Å². The molecule has 7 nitrogen and oxygen atoms in total. The molecule has 0 radical (unpaired) electrons. The number of benzene rings is 1. The number of nitrogens with zero attached hydrogens (tertiary/aromatic N) is 3. The number of aromatic nitrogens is 2. The average molecular weight is 400 g/mol. The van der Waals surface area contributed by atoms with Gasteiger partial charge in [0, 0.05) is 13.6 Å². The molecule has 0 aliphatic carbocycles. The Hall–Kier alpha value is -2.84. The summed E-state index contributed by atoms with van der Waals surface area (Å²) in [4.78, 5) is 27.4. The van der Waals surface area contributed by atoms with Gasteiger partial charge in [-0.2, -0.15) is 11.3 Å². The predicted octanol–water partition coefficient (Wildman–Crippen LogP) is 2.97. The summed E-state index contributed by atoms with van der Waals surface area (Å²) in [6, 6.07) is 11.1. The van der Waals surface area contributed by atoms with Crippen LogP contribution in [0.4, 0.5) is 10.5 Å². The van der Waals surface area contributed by atoms with Gasteiger partial charge in [-0.05, 0) is 55.5 Å². The number of anilines is 1. The van der Waals surface area contributed by atoms with Gasteiger partial charge in [-0.1, -0.05) is 18.2 Å². The van der Waals surface area contributed by atoms with E-state index in [1.54, 1.807) is 27.7 Å². The monoisotopic (exact) mass is 399 g/mol. The Morgan fingerprint density at radius 3 is 2.54 bits per heavy atom. The molecule has 2 aromatic heterocycles. The van der Waals surface area contributed by atoms with Gasteiger partial charge in [0.2, 0.25) is 0 Å². The molecule has 148 valence electrons. The third kappa shape index (κ3) is 4.02. The highest BCUT2D eigenvalue weighted by atomic mass is 32.1. The van der Waals surface area contributed by atoms with Crippen LogP contribution in [0.25, 0.3) is 5.69 Å². The fraction of sp³-hybridized carbons (Fsp3) is 0.300. The molecule has 2 heterocycles. The number of rotatable bonds is 6. The summed E-state index contributed by atoms with van der Waals surface area (Å²) in [5, 5.41) is 9.70. The van der Waals surface area contributed by atoms with Crippen molar-refractivity contribution < 1.29 is 4.79 Å². The molecular formula is C20H25N5O2S. The molecule has 0 saturated heterocycles. The SMILES string of the molecule is Cc1c(NC(=O)NCC(c2ccsc2)N(C)C)c(=O)n(-c2ccccc2)n1C. The van der Waals surface area contributed by atoms with Crippen molar-refractivity contribution in [3.05, 3.63) is 68.8 Å². The molecule has 0 aliphatic heterocycles. The fourth-order valence-electron chi connectivity index (χ4n) is 3.12. The highest BCUT2D eigenvalue weighted by molar-refractivity contribution is 7.07. The minimum atomic E-state index is -0.395. The smallest absolute Gasteiger partial charge is 0.319 e. The molecule has 0 spiro atoms. The maximum Gasteiger partial charge on any atom is 0.319 e. The molecule has 0 fully saturated rings. The highest BCUT2D eigenvalue weighted by Gasteiger charge is 2.20. The Labute approximate surface area is 168 Å². The normalized spacial score (nSPS) is 12.2. The van der Waals surface area contributed by atoms with Crippen LogP contribution >= 0.6 is 11.3 Å². The Kier molecular flexibility index (Phi) is 6.01. The van der Waals surface area contributed by atoms with E-state index in [1.165, 1.54) is 0 Å². The van der Waals surface area contributed by atoms with E-state index in [2.05, 4.69) is 27.0 Å². The number of urea groups is 1. The number of hydrogen-bond acceptors (Lipinski definition) is 4. The molecule has 0 bridgehead atoms. The Morgan fingerprint density at radius 1 is 1.21 bits per heavy atom. The summed E-state index contributed by atoms with van der Waals surface area (Å²) >= 11 is 1.63. The Morgan fingerprint density at radius 2 is 1.93 bits per heavy atom. The third-order valence-corrected chi connectivity index (χ3v) is 5.50. The summed E-state index contributed by atoms with van der Waals surface area (Å²) in [5.74, 6) is 0. The van der Waals surface area contributed by atoms with Gasteiger partial charge in [0.25, 0.3) is 5.56 Å². The molecule has 2 N–H and O–H groups in total. The van der Waals surface area contributed by atoms with E-state index in [0.717, 1.165) is 11.3 Å². The zero-order valence-electron chi connectivity index (χ0n) is 16.5. The maximum atomic E-state index is 12.9. The van der Waals surface area contributed by atoms with Crippen molar-refractivity contribution in [3.8, 4) is 5.69 Å². The first-order chi connectivity index (χ1) is 13.4. The lowest BCUT2D eigenvalue weighted by Crippen LogP contribution is -2.37. The summed E-state index contributed by atoms with van der Waals surface area (Å²) < 4.78 is 3.28. The van der Waals surface area contributed by atoms with Crippen LogP contribution < -0.4 is 16.2 Å². The van der Waals surface area contributed by atoms with Gasteiger partial charge in [0.1, 0.15) is 5.69 Å². The van der Waals surface area contributed by atoms with Crippen LogP contribution in [-0.4, -0.2) is 40.9 Å². The molecule has 3 aromatic rings. The molecule has 2 amide bonds. The van der Waals surface area contributed by atoms with Crippen LogP contribution in [0.5, 0.6) is 0 Å². The third-order valence-electron chi connectivity index (χ3n) is 4.80. The van der Waals surface area contributed by atoms with Gasteiger partial charge in [-0.25, -0.2) is 9.48 Å². The van der Waals surface area contributed by atoms with Crippen molar-refractivity contribution in [2.45, 2.75) is 13.0 Å². The van der Waals surface area contributed by atoms with Gasteiger partial charge in [0.15, 0.2) is 0 Å². The first-order valence-electron chi connectivity index (χ1n) is 8.97. The van der Waals surface area contributed by atoms with E-state index >= 15 is 0 Å². The predicted molar refractivity (Wildman–Crippen MR) is 114 cm³/mol. The van der Waals surface area contributed by atoms with E-state index in [1.807, 2.05) is 56.7 Å². The van der Waals surface area contributed by atoms with Gasteiger partial charge < -0.3 is 15.5 Å². The summed E-state index contributed by atoms with van der Waals surface area (Å²) in [5.41, 5.74) is 2.60. The lowest BCUT2D eigenvalue weighted by atomic mass is 10.1. The van der Waals surface area contributed by atoms with Crippen molar-refractivity contribution in [2.24, 2.45) is 7.05 Å². The largest absolute Gasteiger partial charge is 0.336 e. The van der Waals surface area contributed by atoms with Gasteiger partial charge in [0.05, 0.1) is 17.4 Å². The zero-order valence-corrected chi connectivity index (χ0v) is 17.3. The standard InChI is InChI=1S/C20H25N5O2S/c1-14-18(19(26)25(24(14)4)16-8-6-5-7-9-16)22-20(27)21-12-17(23(2)3)15-10-11-28-13-15/h5-11,13,17H,12H2,1-4H3,(H2,21,22,27). The molecule has 3 rings (SSSR count). The van der Waals surface area contributed by atoms with E-state index < -0.39 is 6.03 Å². The van der Waals surface area contributed by atoms with Crippen LogP contribution in [0.2, 0.25) is 0 Å². The first-order valence-corrected chi connectivity index (χ1v) is 9.91. The first kappa shape index (κ1) is 19.9. The second-order valence-corrected chi connectivity index (χ2v) is 7.59. The van der Waals surface area contributed by atoms with E-state index in [0.29, 0.717) is 12.2 Å². The molecule has 1 atom stereocenters. The molecule has 0 aliphatic rings. The summed E-state index contributed by atoms with van der Waals surface area (Å²) in [7, 11) is 5.75. The lowest BCUT2D eigenvalue weighted by Gasteiger charge is -2.24. The number of para-hydroxylation sites is 1. The van der Waals surface area contributed by atoms with Crippen LogP contribution in [0.1, 0.15) is 17.3 Å². The van der Waals surface area contributed by atoms with E-state index in [4.69, 9.17) is 0 Å². The molecular weight excluding hydrogens is 374 g/mol. The highest BCUT2D eigenvalue weighted by Crippen LogP contribution is 2.20. The van der Waals surface area contributed by atoms with Crippen molar-refractivity contribution in [1.82, 2.24) is 19.6 Å². The van der Waals surface area contributed by atoms with E-state index in [9.17, 15) is 9.59 Å². The molecule has 0 saturated carbocycles. The van der Waals surface area contributed by atoms with Crippen molar-refractivity contribution in [3.63, 3.8) is 0 Å². The molecule has 28 heavy (non-hydrogen) atoms. The number of carbonyl (C=O) groups is 1. The van der Waals surface area contributed by atoms with Crippen molar-refractivity contribution in [1.29, 1.82) is 0 Å². The number of likely N-dealkylation sites (N-methyl/N-ethyl adjacent to an activating group) is 1. The number of nitrogens with one attached hydrogen (secondary N) is 2. The van der Waals surface area contributed by atoms with Crippen molar-refractivity contribution >= 4 is 23.1 Å². The second kappa shape index (κ2) is 8.45. The summed E-state index contributed by atoms with van der Waals surface area (Å²) in [6.45, 7) is 2.25. The molecule has 1 unspecified atom stereocenters. The number of thiophene rings is 1. The Balaban J connectivity index is 1.75. The summed E-state index contributed by atoms with van der Waals surface area (Å²) in [6.07, 6.45) is 0. The Bertz CT molecular complexity index is 990. The topological polar surface area (TPSA) is 71.3 Å². The van der Waals surface area contributed by atoms with Crippen LogP contribution in [-0.2, 0) is 7.05 Å². The number of hydrogen-bond donors (Lipinski definition) is 2. The second-order valence-electron chi connectivity index (χ2n) is 6.81. The minimum absolute atomic E-state index is 0.0647. The maximum absolute atomic E-state index is 12.9. The van der Waals surface area contributed by atoms with E-state index in [-0.39, 0.29) is 17.3 Å². The zero-order chi connectivity index (χ0) is 20.3. The van der Waals surface area contributed by atoms with Gasteiger partial charge in [-0.3, -0.25) is 9.48 Å². The van der Waals surface area contributed by atoms with Crippen molar-refractivity contribution in [2.75, 3.05) is 26.0 Å².